The average Bonchev–Trinajstić information content (AvgIpc) is 3.42. The van der Waals surface area contributed by atoms with Gasteiger partial charge in [0.1, 0.15) is 12.2 Å². The highest BCUT2D eigenvalue weighted by atomic mass is 35.5. The molecule has 0 radical (unpaired) electrons. The van der Waals surface area contributed by atoms with Gasteiger partial charge in [-0.25, -0.2) is 4.98 Å². The number of fused-ring (bicyclic) bond motifs is 2. The molecule has 2 aliphatic carbocycles. The number of aryl methyl sites for hydroxylation is 2. The van der Waals surface area contributed by atoms with Gasteiger partial charge in [0.05, 0.1) is 23.5 Å². The maximum absolute atomic E-state index is 12.9. The Labute approximate surface area is 229 Å². The van der Waals surface area contributed by atoms with E-state index in [-0.39, 0.29) is 0 Å². The number of aromatic nitrogens is 2. The third-order valence-electron chi connectivity index (χ3n) is 8.28. The van der Waals surface area contributed by atoms with E-state index >= 15 is 0 Å². The first-order valence-corrected chi connectivity index (χ1v) is 16.3. The van der Waals surface area contributed by atoms with E-state index in [9.17, 15) is 9.83 Å². The van der Waals surface area contributed by atoms with Crippen molar-refractivity contribution in [2.45, 2.75) is 50.6 Å². The summed E-state index contributed by atoms with van der Waals surface area (Å²) >= 11 is 6.43. The zero-order chi connectivity index (χ0) is 26.4. The summed E-state index contributed by atoms with van der Waals surface area (Å²) in [7, 11) is -2.66. The van der Waals surface area contributed by atoms with Gasteiger partial charge in [-0.2, -0.15) is 10.2 Å². The molecule has 2 aliphatic heterocycles. The van der Waals surface area contributed by atoms with Crippen molar-refractivity contribution >= 4 is 47.2 Å². The quantitative estimate of drug-likeness (QED) is 0.286. The van der Waals surface area contributed by atoms with Gasteiger partial charge in [0.2, 0.25) is 5.95 Å². The van der Waals surface area contributed by atoms with E-state index in [0.717, 1.165) is 30.5 Å². The number of nitriles is 1. The molecule has 2 bridgehead atoms. The molecule has 3 fully saturated rings. The SMILES string of the molecule is CP(C)(=O)c1cc(C#N)ccc1Nc1nc(Nc2ccc3c(c2)CC[C@@H](N2CC4CC2C4)CC3)ncc1Cl. The van der Waals surface area contributed by atoms with Gasteiger partial charge in [-0.1, -0.05) is 17.7 Å². The number of hydrogen-bond acceptors (Lipinski definition) is 7. The first kappa shape index (κ1) is 25.4. The lowest BCUT2D eigenvalue weighted by Crippen LogP contribution is -2.37. The van der Waals surface area contributed by atoms with E-state index in [1.54, 1.807) is 37.7 Å². The average molecular weight is 547 g/mol. The summed E-state index contributed by atoms with van der Waals surface area (Å²) in [5.74, 6) is 1.79. The van der Waals surface area contributed by atoms with E-state index in [1.165, 1.54) is 43.4 Å². The van der Waals surface area contributed by atoms with Crippen LogP contribution in [0.5, 0.6) is 0 Å². The lowest BCUT2D eigenvalue weighted by Gasteiger charge is -2.32. The monoisotopic (exact) mass is 546 g/mol. The third kappa shape index (κ3) is 5.06. The van der Waals surface area contributed by atoms with Gasteiger partial charge in [0.25, 0.3) is 0 Å². The predicted molar refractivity (Wildman–Crippen MR) is 154 cm³/mol. The normalized spacial score (nSPS) is 22.6. The van der Waals surface area contributed by atoms with Gasteiger partial charge in [-0.15, -0.1) is 0 Å². The smallest absolute Gasteiger partial charge is 0.229 e. The Bertz CT molecular complexity index is 1470. The Kier molecular flexibility index (Phi) is 6.68. The highest BCUT2D eigenvalue weighted by Crippen LogP contribution is 2.44. The highest BCUT2D eigenvalue weighted by Gasteiger charge is 2.45. The minimum absolute atomic E-state index is 0.348. The van der Waals surface area contributed by atoms with E-state index in [1.807, 2.05) is 0 Å². The predicted octanol–water partition coefficient (Wildman–Crippen LogP) is 6.08. The number of rotatable bonds is 6. The molecule has 1 atom stereocenters. The molecular formula is C29H32ClN6OP. The van der Waals surface area contributed by atoms with Crippen LogP contribution < -0.4 is 15.9 Å². The molecule has 0 spiro atoms. The molecule has 196 valence electrons. The molecule has 3 heterocycles. The third-order valence-corrected chi connectivity index (χ3v) is 10.1. The molecule has 3 aromatic rings. The summed E-state index contributed by atoms with van der Waals surface area (Å²) in [5.41, 5.74) is 4.86. The molecule has 4 aliphatic rings. The molecule has 1 saturated carbocycles. The van der Waals surface area contributed by atoms with Crippen molar-refractivity contribution in [2.75, 3.05) is 30.5 Å². The second-order valence-electron chi connectivity index (χ2n) is 11.2. The largest absolute Gasteiger partial charge is 0.338 e. The van der Waals surface area contributed by atoms with Crippen molar-refractivity contribution in [2.24, 2.45) is 5.92 Å². The summed E-state index contributed by atoms with van der Waals surface area (Å²) in [6.07, 6.45) is 9.07. The number of benzene rings is 2. The molecule has 9 heteroatoms. The van der Waals surface area contributed by atoms with Crippen LogP contribution in [0.3, 0.4) is 0 Å². The van der Waals surface area contributed by atoms with Crippen LogP contribution in [0, 0.1) is 17.2 Å². The van der Waals surface area contributed by atoms with Gasteiger partial charge >= 0.3 is 0 Å². The van der Waals surface area contributed by atoms with Crippen molar-refractivity contribution in [3.05, 3.63) is 64.3 Å². The van der Waals surface area contributed by atoms with Crippen LogP contribution >= 0.6 is 18.7 Å². The van der Waals surface area contributed by atoms with Gasteiger partial charge in [0, 0.05) is 29.6 Å². The first-order chi connectivity index (χ1) is 18.3. The maximum atomic E-state index is 12.9. The standard InChI is InChI=1S/C29H32ClN6OP/c1-38(2,37)27-13-18(15-31)3-10-26(27)34-28-25(30)16-32-29(35-28)33-22-7-4-20-5-8-23(9-6-21(20)14-22)36-17-19-11-24(36)12-19/h3-4,7,10,13-14,16,19,23-24H,5-6,8-9,11-12,17H2,1-2H3,(H2,32,33,34,35)/t19?,23-,24?/m0/s1. The van der Waals surface area contributed by atoms with E-state index in [0.29, 0.717) is 39.4 Å². The summed E-state index contributed by atoms with van der Waals surface area (Å²) < 4.78 is 12.9. The number of anilines is 4. The van der Waals surface area contributed by atoms with Crippen LogP contribution in [-0.4, -0.2) is 46.8 Å². The van der Waals surface area contributed by atoms with Crippen LogP contribution in [0.15, 0.2) is 42.6 Å². The number of nitrogens with zero attached hydrogens (tertiary/aromatic N) is 4. The van der Waals surface area contributed by atoms with Crippen molar-refractivity contribution in [1.29, 1.82) is 5.26 Å². The number of halogens is 1. The highest BCUT2D eigenvalue weighted by molar-refractivity contribution is 7.70. The topological polar surface area (TPSA) is 93.9 Å². The van der Waals surface area contributed by atoms with Crippen LogP contribution in [0.1, 0.15) is 42.4 Å². The summed E-state index contributed by atoms with van der Waals surface area (Å²) in [6.45, 7) is 4.66. The Morgan fingerprint density at radius 3 is 2.55 bits per heavy atom. The molecule has 2 aromatic carbocycles. The Hall–Kier alpha value is -2.91. The first-order valence-electron chi connectivity index (χ1n) is 13.3. The maximum Gasteiger partial charge on any atom is 0.229 e. The van der Waals surface area contributed by atoms with E-state index < -0.39 is 7.14 Å². The van der Waals surface area contributed by atoms with Gasteiger partial charge < -0.3 is 15.2 Å². The van der Waals surface area contributed by atoms with Gasteiger partial charge in [-0.3, -0.25) is 4.90 Å². The van der Waals surface area contributed by atoms with Gasteiger partial charge in [0.15, 0.2) is 5.82 Å². The van der Waals surface area contributed by atoms with Crippen LogP contribution in [0.2, 0.25) is 5.02 Å². The fourth-order valence-electron chi connectivity index (χ4n) is 6.24. The Morgan fingerprint density at radius 2 is 1.84 bits per heavy atom. The molecule has 0 amide bonds. The molecular weight excluding hydrogens is 515 g/mol. The second-order valence-corrected chi connectivity index (χ2v) is 14.8. The minimum atomic E-state index is -2.66. The second kappa shape index (κ2) is 10.0. The van der Waals surface area contributed by atoms with Crippen molar-refractivity contribution in [3.8, 4) is 6.07 Å². The number of hydrogen-bond donors (Lipinski definition) is 2. The zero-order valence-electron chi connectivity index (χ0n) is 21.7. The summed E-state index contributed by atoms with van der Waals surface area (Å²) in [6, 6.07) is 15.3. The fraction of sp³-hybridized carbons (Fsp3) is 0.414. The van der Waals surface area contributed by atoms with E-state index in [4.69, 9.17) is 11.6 Å². The number of nitrogens with one attached hydrogen (secondary N) is 2. The van der Waals surface area contributed by atoms with Gasteiger partial charge in [-0.05, 0) is 99.2 Å². The van der Waals surface area contributed by atoms with Crippen molar-refractivity contribution in [3.63, 3.8) is 0 Å². The van der Waals surface area contributed by atoms with Crippen molar-refractivity contribution < 1.29 is 4.57 Å². The van der Waals surface area contributed by atoms with Crippen LogP contribution in [-0.2, 0) is 17.4 Å². The van der Waals surface area contributed by atoms with Crippen LogP contribution in [0.4, 0.5) is 23.1 Å². The summed E-state index contributed by atoms with van der Waals surface area (Å²) in [5, 5.41) is 16.8. The molecule has 7 rings (SSSR count). The Morgan fingerprint density at radius 1 is 1.05 bits per heavy atom. The zero-order valence-corrected chi connectivity index (χ0v) is 23.4. The lowest BCUT2D eigenvalue weighted by molar-refractivity contribution is 0.170. The molecule has 2 saturated heterocycles. The van der Waals surface area contributed by atoms with Crippen molar-refractivity contribution in [1.82, 2.24) is 14.9 Å². The lowest BCUT2D eigenvalue weighted by atomic mass is 9.86. The molecule has 1 aromatic heterocycles. The minimum Gasteiger partial charge on any atom is -0.338 e. The molecule has 2 N–H and O–H groups in total. The van der Waals surface area contributed by atoms with E-state index in [2.05, 4.69) is 49.8 Å². The fourth-order valence-corrected chi connectivity index (χ4v) is 7.54. The molecule has 7 nitrogen and oxygen atoms in total. The molecule has 38 heavy (non-hydrogen) atoms. The molecule has 0 unspecified atom stereocenters. The summed E-state index contributed by atoms with van der Waals surface area (Å²) in [4.78, 5) is 11.8. The van der Waals surface area contributed by atoms with Crippen LogP contribution in [0.25, 0.3) is 0 Å². The Balaban J connectivity index is 1.19.